The number of benzene rings is 1. The van der Waals surface area contributed by atoms with Gasteiger partial charge in [0, 0.05) is 16.6 Å². The molecule has 1 aromatic heterocycles. The van der Waals surface area contributed by atoms with Crippen LogP contribution in [0.3, 0.4) is 0 Å². The van der Waals surface area contributed by atoms with Gasteiger partial charge in [0.15, 0.2) is 0 Å². The maximum absolute atomic E-state index is 8.64. The van der Waals surface area contributed by atoms with Crippen molar-refractivity contribution < 1.29 is 9.52 Å². The molecule has 2 rings (SSSR count). The lowest BCUT2D eigenvalue weighted by molar-refractivity contribution is 0.292. The predicted molar refractivity (Wildman–Crippen MR) is 103 cm³/mol. The molecule has 0 saturated heterocycles. The van der Waals surface area contributed by atoms with Crippen molar-refractivity contribution in [2.45, 2.75) is 13.0 Å². The maximum atomic E-state index is 8.64. The van der Waals surface area contributed by atoms with Crippen LogP contribution >= 0.6 is 40.7 Å². The molecule has 0 atom stereocenters. The van der Waals surface area contributed by atoms with Crippen molar-refractivity contribution >= 4 is 40.7 Å². The van der Waals surface area contributed by atoms with Gasteiger partial charge in [0.2, 0.25) is 0 Å². The van der Waals surface area contributed by atoms with Gasteiger partial charge >= 0.3 is 0 Å². The van der Waals surface area contributed by atoms with E-state index in [1.165, 1.54) is 0 Å². The van der Waals surface area contributed by atoms with E-state index in [0.29, 0.717) is 6.54 Å². The molecule has 7 heteroatoms. The first-order valence-electron chi connectivity index (χ1n) is 7.16. The summed E-state index contributed by atoms with van der Waals surface area (Å²) in [6.07, 6.45) is 1.03. The van der Waals surface area contributed by atoms with Gasteiger partial charge in [-0.1, -0.05) is 28.1 Å². The molecule has 2 aromatic rings. The Hall–Kier alpha value is -0.560. The molecule has 0 bridgehead atoms. The van der Waals surface area contributed by atoms with Crippen molar-refractivity contribution in [1.82, 2.24) is 10.6 Å². The minimum atomic E-state index is 0. The van der Waals surface area contributed by atoms with Crippen molar-refractivity contribution in [3.05, 3.63) is 46.6 Å². The van der Waals surface area contributed by atoms with E-state index in [0.717, 1.165) is 47.6 Å². The molecular formula is C16H23BrCl2N2O2. The molecule has 1 aromatic carbocycles. The van der Waals surface area contributed by atoms with Gasteiger partial charge in [0.1, 0.15) is 11.5 Å². The van der Waals surface area contributed by atoms with Gasteiger partial charge in [0.05, 0.1) is 13.2 Å². The zero-order valence-electron chi connectivity index (χ0n) is 12.8. The maximum Gasteiger partial charge on any atom is 0.134 e. The highest BCUT2D eigenvalue weighted by molar-refractivity contribution is 9.10. The summed E-state index contributed by atoms with van der Waals surface area (Å²) in [5, 5.41) is 15.1. The quantitative estimate of drug-likeness (QED) is 0.537. The Morgan fingerprint density at radius 3 is 2.30 bits per heavy atom. The number of hydrogen-bond donors (Lipinski definition) is 3. The van der Waals surface area contributed by atoms with Gasteiger partial charge in [0.25, 0.3) is 0 Å². The third kappa shape index (κ3) is 8.20. The van der Waals surface area contributed by atoms with Crippen LogP contribution < -0.4 is 10.6 Å². The molecule has 3 N–H and O–H groups in total. The van der Waals surface area contributed by atoms with Crippen molar-refractivity contribution in [3.8, 4) is 11.3 Å². The molecule has 0 aliphatic heterocycles. The molecule has 0 saturated carbocycles. The Kier molecular flexibility index (Phi) is 12.5. The van der Waals surface area contributed by atoms with Crippen molar-refractivity contribution in [2.75, 3.05) is 26.2 Å². The molecule has 0 aliphatic carbocycles. The average molecular weight is 426 g/mol. The van der Waals surface area contributed by atoms with Crippen LogP contribution in [0.25, 0.3) is 11.3 Å². The highest BCUT2D eigenvalue weighted by Gasteiger charge is 2.04. The summed E-state index contributed by atoms with van der Waals surface area (Å²) < 4.78 is 6.89. The lowest BCUT2D eigenvalue weighted by Crippen LogP contribution is -2.23. The summed E-state index contributed by atoms with van der Waals surface area (Å²) in [6, 6.07) is 12.1. The Bertz CT molecular complexity index is 535. The Morgan fingerprint density at radius 2 is 1.61 bits per heavy atom. The molecule has 0 amide bonds. The minimum absolute atomic E-state index is 0. The van der Waals surface area contributed by atoms with Crippen LogP contribution in [0.4, 0.5) is 0 Å². The van der Waals surface area contributed by atoms with E-state index >= 15 is 0 Å². The van der Waals surface area contributed by atoms with Crippen LogP contribution in [0.15, 0.2) is 45.3 Å². The number of aliphatic hydroxyl groups is 1. The van der Waals surface area contributed by atoms with Gasteiger partial charge in [-0.3, -0.25) is 0 Å². The third-order valence-electron chi connectivity index (χ3n) is 3.09. The summed E-state index contributed by atoms with van der Waals surface area (Å²) >= 11 is 3.43. The zero-order valence-corrected chi connectivity index (χ0v) is 16.0. The molecule has 4 nitrogen and oxygen atoms in total. The van der Waals surface area contributed by atoms with E-state index in [1.807, 2.05) is 36.4 Å². The number of aliphatic hydroxyl groups excluding tert-OH is 1. The molecule has 0 aliphatic rings. The summed E-state index contributed by atoms with van der Waals surface area (Å²) in [6.45, 7) is 3.42. The lowest BCUT2D eigenvalue weighted by atomic mass is 10.2. The molecular weight excluding hydrogens is 403 g/mol. The second kappa shape index (κ2) is 12.8. The van der Waals surface area contributed by atoms with Crippen molar-refractivity contribution in [3.63, 3.8) is 0 Å². The Morgan fingerprint density at radius 1 is 0.913 bits per heavy atom. The van der Waals surface area contributed by atoms with Crippen LogP contribution in [0.2, 0.25) is 0 Å². The van der Waals surface area contributed by atoms with E-state index in [4.69, 9.17) is 9.52 Å². The van der Waals surface area contributed by atoms with Crippen LogP contribution in [-0.2, 0) is 6.54 Å². The van der Waals surface area contributed by atoms with Crippen LogP contribution in [-0.4, -0.2) is 31.3 Å². The molecule has 1 heterocycles. The fraction of sp³-hybridized carbons (Fsp3) is 0.375. The minimum Gasteiger partial charge on any atom is -0.460 e. The molecule has 23 heavy (non-hydrogen) atoms. The van der Waals surface area contributed by atoms with Gasteiger partial charge in [-0.25, -0.2) is 0 Å². The normalized spacial score (nSPS) is 10.0. The first-order chi connectivity index (χ1) is 10.3. The first-order valence-corrected chi connectivity index (χ1v) is 7.96. The third-order valence-corrected chi connectivity index (χ3v) is 3.61. The number of hydrogen-bond acceptors (Lipinski definition) is 4. The smallest absolute Gasteiger partial charge is 0.134 e. The second-order valence-corrected chi connectivity index (χ2v) is 5.69. The SMILES string of the molecule is Cl.Cl.OCCNCCCNCc1ccc(-c2ccc(Br)cc2)o1. The average Bonchev–Trinajstić information content (AvgIpc) is 2.96. The summed E-state index contributed by atoms with van der Waals surface area (Å²) in [7, 11) is 0. The van der Waals surface area contributed by atoms with Crippen LogP contribution in [0, 0.1) is 0 Å². The highest BCUT2D eigenvalue weighted by Crippen LogP contribution is 2.23. The van der Waals surface area contributed by atoms with Gasteiger partial charge in [-0.2, -0.15) is 0 Å². The molecule has 130 valence electrons. The summed E-state index contributed by atoms with van der Waals surface area (Å²) in [5.41, 5.74) is 1.08. The topological polar surface area (TPSA) is 57.4 Å². The van der Waals surface area contributed by atoms with Crippen LogP contribution in [0.5, 0.6) is 0 Å². The van der Waals surface area contributed by atoms with Crippen LogP contribution in [0.1, 0.15) is 12.2 Å². The number of rotatable bonds is 9. The van der Waals surface area contributed by atoms with Crippen molar-refractivity contribution in [1.29, 1.82) is 0 Å². The fourth-order valence-electron chi connectivity index (χ4n) is 2.00. The van der Waals surface area contributed by atoms with E-state index in [2.05, 4.69) is 26.6 Å². The van der Waals surface area contributed by atoms with Gasteiger partial charge in [-0.05, 0) is 43.8 Å². The Labute approximate surface area is 158 Å². The van der Waals surface area contributed by atoms with E-state index in [9.17, 15) is 0 Å². The zero-order chi connectivity index (χ0) is 14.9. The monoisotopic (exact) mass is 424 g/mol. The van der Waals surface area contributed by atoms with Gasteiger partial charge < -0.3 is 20.2 Å². The highest BCUT2D eigenvalue weighted by atomic mass is 79.9. The largest absolute Gasteiger partial charge is 0.460 e. The summed E-state index contributed by atoms with van der Waals surface area (Å²) in [4.78, 5) is 0. The van der Waals surface area contributed by atoms with E-state index in [1.54, 1.807) is 0 Å². The fourth-order valence-corrected chi connectivity index (χ4v) is 2.26. The number of nitrogens with one attached hydrogen (secondary N) is 2. The second-order valence-electron chi connectivity index (χ2n) is 4.78. The van der Waals surface area contributed by atoms with E-state index in [-0.39, 0.29) is 31.4 Å². The molecule has 0 spiro atoms. The number of furan rings is 1. The first kappa shape index (κ1) is 22.4. The number of halogens is 3. The predicted octanol–water partition coefficient (Wildman–Crippen LogP) is 3.61. The standard InChI is InChI=1S/C16H21BrN2O2.2ClH/c17-14-4-2-13(3-5-14)16-7-6-15(21-16)12-19-9-1-8-18-10-11-20;;/h2-7,18-20H,1,8-12H2;2*1H. The van der Waals surface area contributed by atoms with Gasteiger partial charge in [-0.15, -0.1) is 24.8 Å². The molecule has 0 unspecified atom stereocenters. The lowest BCUT2D eigenvalue weighted by Gasteiger charge is -2.04. The molecule has 0 fully saturated rings. The Balaban J connectivity index is 0.00000242. The van der Waals surface area contributed by atoms with E-state index < -0.39 is 0 Å². The summed E-state index contributed by atoms with van der Waals surface area (Å²) in [5.74, 6) is 1.83. The molecule has 0 radical (unpaired) electrons. The van der Waals surface area contributed by atoms with Crippen molar-refractivity contribution in [2.24, 2.45) is 0 Å².